The Labute approximate surface area is 301 Å². The van der Waals surface area contributed by atoms with Gasteiger partial charge in [0.05, 0.1) is 11.7 Å². The molecule has 0 amide bonds. The summed E-state index contributed by atoms with van der Waals surface area (Å²) < 4.78 is 9.59. The minimum Gasteiger partial charge on any atom is -0.172 e. The van der Waals surface area contributed by atoms with Crippen LogP contribution in [0.1, 0.15) is 26.3 Å². The average molecular weight is 671 g/mol. The monoisotopic (exact) mass is 670 g/mol. The van der Waals surface area contributed by atoms with Crippen molar-refractivity contribution in [3.8, 4) is 33.4 Å². The third kappa shape index (κ3) is 4.84. The number of nitrogens with zero attached hydrogens (tertiary/aromatic N) is 2. The van der Waals surface area contributed by atoms with Gasteiger partial charge in [0.1, 0.15) is 11.0 Å². The summed E-state index contributed by atoms with van der Waals surface area (Å²) in [6.07, 6.45) is 0. The molecule has 0 aliphatic rings. The van der Waals surface area contributed by atoms with Crippen molar-refractivity contribution in [3.05, 3.63) is 157 Å². The molecule has 0 saturated carbocycles. The van der Waals surface area contributed by atoms with Crippen LogP contribution in [-0.4, -0.2) is 8.75 Å². The molecule has 0 aliphatic carbocycles. The van der Waals surface area contributed by atoms with Crippen LogP contribution in [0.15, 0.2) is 152 Å². The van der Waals surface area contributed by atoms with Gasteiger partial charge in [-0.1, -0.05) is 142 Å². The molecule has 9 aromatic carbocycles. The maximum Gasteiger partial charge on any atom is 0.113 e. The van der Waals surface area contributed by atoms with Gasteiger partial charge in [0.15, 0.2) is 0 Å². The van der Waals surface area contributed by atoms with E-state index in [1.165, 1.54) is 99.1 Å². The molecule has 1 heterocycles. The van der Waals surface area contributed by atoms with Gasteiger partial charge in [0.2, 0.25) is 0 Å². The second-order valence-electron chi connectivity index (χ2n) is 14.7. The summed E-state index contributed by atoms with van der Waals surface area (Å²) in [5.41, 5.74) is 10.5. The number of aromatic nitrogens is 2. The summed E-state index contributed by atoms with van der Waals surface area (Å²) in [5.74, 6) is 0. The summed E-state index contributed by atoms with van der Waals surface area (Å²) in [7, 11) is 0. The molecule has 0 spiro atoms. The molecule has 0 saturated heterocycles. The highest BCUT2D eigenvalue weighted by atomic mass is 32.1. The average Bonchev–Trinajstić information content (AvgIpc) is 3.68. The van der Waals surface area contributed by atoms with E-state index in [0.717, 1.165) is 16.4 Å². The minimum absolute atomic E-state index is 0.0625. The molecule has 0 aliphatic heterocycles. The Balaban J connectivity index is 1.06. The lowest BCUT2D eigenvalue weighted by atomic mass is 9.85. The molecular weight excluding hydrogens is 637 g/mol. The van der Waals surface area contributed by atoms with Gasteiger partial charge in [-0.15, -0.1) is 0 Å². The summed E-state index contributed by atoms with van der Waals surface area (Å²) in [6.45, 7) is 6.78. The first kappa shape index (κ1) is 30.0. The number of fused-ring (bicyclic) bond motifs is 12. The Bertz CT molecular complexity index is 2980. The summed E-state index contributed by atoms with van der Waals surface area (Å²) in [5, 5.41) is 12.5. The van der Waals surface area contributed by atoms with Crippen LogP contribution in [0.4, 0.5) is 0 Å². The van der Waals surface area contributed by atoms with E-state index in [2.05, 4.69) is 172 Å². The summed E-state index contributed by atoms with van der Waals surface area (Å²) in [6, 6.07) is 56.0. The van der Waals surface area contributed by atoms with Gasteiger partial charge in [-0.3, -0.25) is 0 Å². The quantitative estimate of drug-likeness (QED) is 0.175. The van der Waals surface area contributed by atoms with Crippen molar-refractivity contribution in [1.29, 1.82) is 0 Å². The summed E-state index contributed by atoms with van der Waals surface area (Å²) in [4.78, 5) is 0. The molecular formula is C48H34N2S. The summed E-state index contributed by atoms with van der Waals surface area (Å²) >= 11 is 1.30. The molecule has 0 atom stereocenters. The number of rotatable bonds is 3. The van der Waals surface area contributed by atoms with Crippen molar-refractivity contribution in [3.63, 3.8) is 0 Å². The molecule has 0 N–H and O–H groups in total. The lowest BCUT2D eigenvalue weighted by molar-refractivity contribution is 0.591. The van der Waals surface area contributed by atoms with E-state index in [9.17, 15) is 0 Å². The molecule has 1 aromatic heterocycles. The second-order valence-corrected chi connectivity index (χ2v) is 15.3. The van der Waals surface area contributed by atoms with Crippen molar-refractivity contribution < 1.29 is 0 Å². The van der Waals surface area contributed by atoms with Crippen LogP contribution in [-0.2, 0) is 5.41 Å². The van der Waals surface area contributed by atoms with E-state index in [0.29, 0.717) is 0 Å². The first-order valence-electron chi connectivity index (χ1n) is 17.6. The van der Waals surface area contributed by atoms with Crippen LogP contribution in [0.25, 0.3) is 98.3 Å². The van der Waals surface area contributed by atoms with Crippen molar-refractivity contribution in [2.24, 2.45) is 0 Å². The van der Waals surface area contributed by atoms with E-state index in [4.69, 9.17) is 8.75 Å². The van der Waals surface area contributed by atoms with E-state index in [1.807, 2.05) is 0 Å². The lowest BCUT2D eigenvalue weighted by Gasteiger charge is -2.20. The van der Waals surface area contributed by atoms with Crippen LogP contribution in [0, 0.1) is 0 Å². The van der Waals surface area contributed by atoms with Crippen molar-refractivity contribution in [2.75, 3.05) is 0 Å². The van der Waals surface area contributed by atoms with Crippen molar-refractivity contribution in [1.82, 2.24) is 8.75 Å². The third-order valence-electron chi connectivity index (χ3n) is 10.7. The molecule has 242 valence electrons. The van der Waals surface area contributed by atoms with Crippen LogP contribution in [0.2, 0.25) is 0 Å². The largest absolute Gasteiger partial charge is 0.172 e. The molecule has 10 rings (SSSR count). The first-order chi connectivity index (χ1) is 24.9. The SMILES string of the molecule is CC(C)(C)c1ccc2c3ccc(-c4cccc(-c5cccc(-c6ccc7c8ccccc8c8ccccc8c7c6)c5)c4)cc3c3nsnc3c2c1. The van der Waals surface area contributed by atoms with Gasteiger partial charge in [-0.2, -0.15) is 8.75 Å². The van der Waals surface area contributed by atoms with Gasteiger partial charge >= 0.3 is 0 Å². The van der Waals surface area contributed by atoms with Crippen LogP contribution < -0.4 is 0 Å². The Morgan fingerprint density at radius 3 is 1.20 bits per heavy atom. The molecule has 51 heavy (non-hydrogen) atoms. The fourth-order valence-corrected chi connectivity index (χ4v) is 8.56. The highest BCUT2D eigenvalue weighted by Gasteiger charge is 2.18. The zero-order chi connectivity index (χ0) is 34.3. The number of hydrogen-bond donors (Lipinski definition) is 0. The first-order valence-corrected chi connectivity index (χ1v) is 18.3. The Hall–Kier alpha value is -5.90. The third-order valence-corrected chi connectivity index (χ3v) is 11.2. The predicted molar refractivity (Wildman–Crippen MR) is 220 cm³/mol. The molecule has 10 aromatic rings. The molecule has 0 fully saturated rings. The maximum atomic E-state index is 4.81. The fraction of sp³-hybridized carbons (Fsp3) is 0.0833. The van der Waals surface area contributed by atoms with E-state index in [1.54, 1.807) is 0 Å². The van der Waals surface area contributed by atoms with Crippen molar-refractivity contribution >= 4 is 76.6 Å². The normalized spacial score (nSPS) is 12.2. The zero-order valence-corrected chi connectivity index (χ0v) is 29.6. The number of hydrogen-bond acceptors (Lipinski definition) is 3. The standard InChI is InChI=1S/C48H34N2S/c1-48(2,3)35-20-23-42-41-22-19-34(27-44(41)46-47(45(42)28-35)50-51-49-46)32-13-9-11-30(25-32)29-10-8-12-31(24-29)33-18-21-40-38-16-5-4-14-36(38)37-15-6-7-17-39(37)43(40)26-33/h4-28H,1-3H3. The van der Waals surface area contributed by atoms with Gasteiger partial charge in [0.25, 0.3) is 0 Å². The Morgan fingerprint density at radius 1 is 0.333 bits per heavy atom. The van der Waals surface area contributed by atoms with Crippen LogP contribution in [0.5, 0.6) is 0 Å². The Kier molecular flexibility index (Phi) is 6.65. The van der Waals surface area contributed by atoms with Gasteiger partial charge in [0, 0.05) is 10.8 Å². The molecule has 0 unspecified atom stereocenters. The van der Waals surface area contributed by atoms with E-state index >= 15 is 0 Å². The predicted octanol–water partition coefficient (Wildman–Crippen LogP) is 13.8. The topological polar surface area (TPSA) is 25.8 Å². The Morgan fingerprint density at radius 2 is 0.706 bits per heavy atom. The van der Waals surface area contributed by atoms with E-state index < -0.39 is 0 Å². The van der Waals surface area contributed by atoms with Gasteiger partial charge in [-0.25, -0.2) is 0 Å². The van der Waals surface area contributed by atoms with Gasteiger partial charge in [-0.05, 0) is 118 Å². The lowest BCUT2D eigenvalue weighted by Crippen LogP contribution is -2.10. The minimum atomic E-state index is 0.0625. The van der Waals surface area contributed by atoms with Crippen LogP contribution >= 0.6 is 11.7 Å². The zero-order valence-electron chi connectivity index (χ0n) is 28.7. The molecule has 0 bridgehead atoms. The molecule has 0 radical (unpaired) electrons. The molecule has 2 nitrogen and oxygen atoms in total. The highest BCUT2D eigenvalue weighted by molar-refractivity contribution is 7.00. The molecule has 3 heteroatoms. The van der Waals surface area contributed by atoms with Gasteiger partial charge < -0.3 is 0 Å². The van der Waals surface area contributed by atoms with Crippen molar-refractivity contribution in [2.45, 2.75) is 26.2 Å². The van der Waals surface area contributed by atoms with E-state index in [-0.39, 0.29) is 5.41 Å². The van der Waals surface area contributed by atoms with Crippen LogP contribution in [0.3, 0.4) is 0 Å². The smallest absolute Gasteiger partial charge is 0.113 e. The number of benzene rings is 9. The highest BCUT2D eigenvalue weighted by Crippen LogP contribution is 2.40. The fourth-order valence-electron chi connectivity index (χ4n) is 7.98. The maximum absolute atomic E-state index is 4.81. The second kappa shape index (κ2) is 11.3.